The zero-order valence-electron chi connectivity index (χ0n) is 15.7. The Kier molecular flexibility index (Phi) is 6.29. The van der Waals surface area contributed by atoms with Crippen LogP contribution in [0, 0.1) is 0 Å². The van der Waals surface area contributed by atoms with Crippen LogP contribution in [-0.2, 0) is 22.6 Å². The van der Waals surface area contributed by atoms with E-state index < -0.39 is 0 Å². The molecule has 0 spiro atoms. The molecule has 1 aromatic carbocycles. The first-order chi connectivity index (χ1) is 13.7. The molecule has 0 bridgehead atoms. The molecule has 1 aromatic heterocycles. The van der Waals surface area contributed by atoms with Crippen molar-refractivity contribution in [2.24, 2.45) is 0 Å². The molecule has 148 valence electrons. The highest BCUT2D eigenvalue weighted by atomic mass is 32.2. The third kappa shape index (κ3) is 4.92. The molecule has 2 saturated heterocycles. The molecule has 2 aromatic rings. The lowest BCUT2D eigenvalue weighted by molar-refractivity contribution is -0.117. The van der Waals surface area contributed by atoms with Crippen molar-refractivity contribution in [1.82, 2.24) is 9.88 Å². The Labute approximate surface area is 173 Å². The number of anilines is 2. The summed E-state index contributed by atoms with van der Waals surface area (Å²) in [6, 6.07) is 8.07. The minimum atomic E-state index is -0.0869. The molecule has 28 heavy (non-hydrogen) atoms. The Bertz CT molecular complexity index is 848. The third-order valence-corrected chi connectivity index (χ3v) is 6.76. The molecule has 0 aliphatic carbocycles. The van der Waals surface area contributed by atoms with Crippen LogP contribution in [0.5, 0.6) is 0 Å². The molecule has 0 unspecified atom stereocenters. The lowest BCUT2D eigenvalue weighted by Gasteiger charge is -2.26. The Balaban J connectivity index is 1.33. The lowest BCUT2D eigenvalue weighted by Crippen LogP contribution is -2.31. The van der Waals surface area contributed by atoms with E-state index in [4.69, 9.17) is 0 Å². The maximum Gasteiger partial charge on any atom is 0.230 e. The zero-order chi connectivity index (χ0) is 19.3. The number of rotatable bonds is 6. The van der Waals surface area contributed by atoms with Crippen LogP contribution in [0.4, 0.5) is 10.8 Å². The van der Waals surface area contributed by atoms with Gasteiger partial charge in [-0.05, 0) is 24.1 Å². The predicted molar refractivity (Wildman–Crippen MR) is 115 cm³/mol. The van der Waals surface area contributed by atoms with Crippen LogP contribution in [0.1, 0.15) is 24.1 Å². The number of nitrogens with zero attached hydrogens (tertiary/aromatic N) is 3. The molecule has 6 nitrogen and oxygen atoms in total. The maximum absolute atomic E-state index is 12.4. The van der Waals surface area contributed by atoms with E-state index in [0.29, 0.717) is 17.2 Å². The summed E-state index contributed by atoms with van der Waals surface area (Å²) in [5, 5.41) is 5.55. The lowest BCUT2D eigenvalue weighted by atomic mass is 10.2. The van der Waals surface area contributed by atoms with Gasteiger partial charge in [0.15, 0.2) is 5.13 Å². The smallest absolute Gasteiger partial charge is 0.230 e. The molecule has 8 heteroatoms. The zero-order valence-corrected chi connectivity index (χ0v) is 17.4. The number of aromatic nitrogens is 1. The molecule has 0 atom stereocenters. The Hall–Kier alpha value is -1.90. The monoisotopic (exact) mass is 416 g/mol. The number of thiazole rings is 1. The molecule has 2 amide bonds. The minimum Gasteiger partial charge on any atom is -0.326 e. The maximum atomic E-state index is 12.4. The van der Waals surface area contributed by atoms with Crippen molar-refractivity contribution in [3.8, 4) is 0 Å². The van der Waals surface area contributed by atoms with Gasteiger partial charge in [-0.2, -0.15) is 11.8 Å². The number of benzene rings is 1. The summed E-state index contributed by atoms with van der Waals surface area (Å²) < 4.78 is 0. The van der Waals surface area contributed by atoms with Crippen molar-refractivity contribution >= 4 is 45.7 Å². The van der Waals surface area contributed by atoms with Crippen LogP contribution in [0.3, 0.4) is 0 Å². The van der Waals surface area contributed by atoms with Gasteiger partial charge in [0.2, 0.25) is 11.8 Å². The van der Waals surface area contributed by atoms with Crippen molar-refractivity contribution in [3.05, 3.63) is 40.9 Å². The average molecular weight is 417 g/mol. The van der Waals surface area contributed by atoms with Gasteiger partial charge in [0.25, 0.3) is 0 Å². The molecule has 0 radical (unpaired) electrons. The molecular formula is C20H24N4O2S2. The summed E-state index contributed by atoms with van der Waals surface area (Å²) in [6.07, 6.45) is 1.68. The fourth-order valence-corrected chi connectivity index (χ4v) is 5.33. The fourth-order valence-electron chi connectivity index (χ4n) is 3.49. The SMILES string of the molecule is O=C(Cc1csc(N2CCCC2=O)n1)Nc1cccc(CN2CCSCC2)c1. The van der Waals surface area contributed by atoms with Gasteiger partial charge in [0.05, 0.1) is 12.1 Å². The Morgan fingerprint density at radius 1 is 1.21 bits per heavy atom. The Morgan fingerprint density at radius 3 is 2.86 bits per heavy atom. The first-order valence-corrected chi connectivity index (χ1v) is 11.6. The van der Waals surface area contributed by atoms with E-state index in [1.54, 1.807) is 4.90 Å². The van der Waals surface area contributed by atoms with Gasteiger partial charge < -0.3 is 5.32 Å². The van der Waals surface area contributed by atoms with Crippen LogP contribution in [0.25, 0.3) is 0 Å². The van der Waals surface area contributed by atoms with E-state index in [1.165, 1.54) is 28.4 Å². The van der Waals surface area contributed by atoms with Crippen LogP contribution in [0.15, 0.2) is 29.6 Å². The standard InChI is InChI=1S/C20H24N4O2S2/c25-18(12-17-14-28-20(22-17)24-6-2-5-19(24)26)21-16-4-1-3-15(11-16)13-23-7-9-27-10-8-23/h1,3-4,11,14H,2,5-10,12-13H2,(H,21,25). The quantitative estimate of drug-likeness (QED) is 0.784. The first-order valence-electron chi connectivity index (χ1n) is 9.61. The number of carbonyl (C=O) groups excluding carboxylic acids is 2. The van der Waals surface area contributed by atoms with Gasteiger partial charge in [-0.1, -0.05) is 12.1 Å². The summed E-state index contributed by atoms with van der Waals surface area (Å²) in [6.45, 7) is 3.88. The van der Waals surface area contributed by atoms with Gasteiger partial charge in [-0.3, -0.25) is 19.4 Å². The van der Waals surface area contributed by atoms with Gasteiger partial charge in [-0.15, -0.1) is 11.3 Å². The van der Waals surface area contributed by atoms with E-state index in [9.17, 15) is 9.59 Å². The molecular weight excluding hydrogens is 392 g/mol. The van der Waals surface area contributed by atoms with Crippen molar-refractivity contribution in [2.45, 2.75) is 25.8 Å². The molecule has 0 saturated carbocycles. The molecule has 3 heterocycles. The molecule has 4 rings (SSSR count). The average Bonchev–Trinajstić information content (AvgIpc) is 3.31. The van der Waals surface area contributed by atoms with Crippen molar-refractivity contribution in [3.63, 3.8) is 0 Å². The number of hydrogen-bond acceptors (Lipinski definition) is 6. The van der Waals surface area contributed by atoms with Gasteiger partial charge >= 0.3 is 0 Å². The summed E-state index contributed by atoms with van der Waals surface area (Å²) >= 11 is 3.43. The number of nitrogens with one attached hydrogen (secondary N) is 1. The van der Waals surface area contributed by atoms with Crippen molar-refractivity contribution < 1.29 is 9.59 Å². The number of thioether (sulfide) groups is 1. The van der Waals surface area contributed by atoms with Gasteiger partial charge in [-0.25, -0.2) is 4.98 Å². The molecule has 2 fully saturated rings. The van der Waals surface area contributed by atoms with Crippen LogP contribution < -0.4 is 10.2 Å². The summed E-state index contributed by atoms with van der Waals surface area (Å²) in [4.78, 5) is 32.9. The van der Waals surface area contributed by atoms with Crippen molar-refractivity contribution in [2.75, 3.05) is 41.4 Å². The van der Waals surface area contributed by atoms with Crippen LogP contribution in [0.2, 0.25) is 0 Å². The largest absolute Gasteiger partial charge is 0.326 e. The predicted octanol–water partition coefficient (Wildman–Crippen LogP) is 3.00. The minimum absolute atomic E-state index is 0.0869. The first kappa shape index (κ1) is 19.4. The van der Waals surface area contributed by atoms with Gasteiger partial charge in [0, 0.05) is 55.2 Å². The van der Waals surface area contributed by atoms with Gasteiger partial charge in [0.1, 0.15) is 0 Å². The van der Waals surface area contributed by atoms with E-state index in [2.05, 4.69) is 27.3 Å². The second kappa shape index (κ2) is 9.07. The van der Waals surface area contributed by atoms with E-state index in [0.717, 1.165) is 38.3 Å². The topological polar surface area (TPSA) is 65.5 Å². The highest BCUT2D eigenvalue weighted by molar-refractivity contribution is 7.99. The molecule has 2 aliphatic heterocycles. The van der Waals surface area contributed by atoms with Crippen LogP contribution >= 0.6 is 23.1 Å². The number of amides is 2. The van der Waals surface area contributed by atoms with Crippen LogP contribution in [-0.4, -0.2) is 52.8 Å². The third-order valence-electron chi connectivity index (χ3n) is 4.91. The molecule has 1 N–H and O–H groups in total. The van der Waals surface area contributed by atoms with E-state index >= 15 is 0 Å². The normalized spacial score (nSPS) is 17.9. The number of carbonyl (C=O) groups is 2. The summed E-state index contributed by atoms with van der Waals surface area (Å²) in [5.74, 6) is 2.41. The second-order valence-electron chi connectivity index (χ2n) is 7.08. The summed E-state index contributed by atoms with van der Waals surface area (Å²) in [5.41, 5.74) is 2.74. The van der Waals surface area contributed by atoms with E-state index in [1.807, 2.05) is 29.3 Å². The Morgan fingerprint density at radius 2 is 2.07 bits per heavy atom. The van der Waals surface area contributed by atoms with Crippen molar-refractivity contribution in [1.29, 1.82) is 0 Å². The van der Waals surface area contributed by atoms with E-state index in [-0.39, 0.29) is 18.2 Å². The highest BCUT2D eigenvalue weighted by Gasteiger charge is 2.24. The fraction of sp³-hybridized carbons (Fsp3) is 0.450. The second-order valence-corrected chi connectivity index (χ2v) is 9.15. The summed E-state index contributed by atoms with van der Waals surface area (Å²) in [7, 11) is 0. The number of hydrogen-bond donors (Lipinski definition) is 1. The molecule has 2 aliphatic rings. The highest BCUT2D eigenvalue weighted by Crippen LogP contribution is 2.25.